The molecule has 0 saturated carbocycles. The van der Waals surface area contributed by atoms with Crippen LogP contribution < -0.4 is 4.74 Å². The maximum Gasteiger partial charge on any atom is 0.416 e. The molecule has 0 radical (unpaired) electrons. The Kier molecular flexibility index (Phi) is 6.36. The van der Waals surface area contributed by atoms with E-state index in [9.17, 15) is 18.0 Å². The van der Waals surface area contributed by atoms with Gasteiger partial charge in [0, 0.05) is 38.6 Å². The zero-order valence-corrected chi connectivity index (χ0v) is 25.7. The Hall–Kier alpha value is -5.42. The SMILES string of the molecule is CC1(C)c2cc(C(F)(F)F)ccc2-c2c1c1c(c3ccccc23)OC(c2ccccc2)(c2ccc(C(=O)c3ccccc3)cc2)C=C1. The van der Waals surface area contributed by atoms with Gasteiger partial charge >= 0.3 is 6.18 Å². The van der Waals surface area contributed by atoms with E-state index in [1.165, 1.54) is 12.1 Å². The van der Waals surface area contributed by atoms with Crippen molar-refractivity contribution in [3.8, 4) is 16.9 Å². The highest BCUT2D eigenvalue weighted by Gasteiger charge is 2.45. The van der Waals surface area contributed by atoms with Crippen molar-refractivity contribution in [3.63, 3.8) is 0 Å². The van der Waals surface area contributed by atoms with Crippen molar-refractivity contribution in [1.29, 1.82) is 0 Å². The average Bonchev–Trinajstić information content (AvgIpc) is 3.34. The molecule has 0 aromatic heterocycles. The number of hydrogen-bond donors (Lipinski definition) is 0. The second kappa shape index (κ2) is 10.3. The van der Waals surface area contributed by atoms with Crippen LogP contribution in [-0.2, 0) is 17.2 Å². The molecule has 1 atom stereocenters. The highest BCUT2D eigenvalue weighted by molar-refractivity contribution is 6.09. The second-order valence-corrected chi connectivity index (χ2v) is 12.7. The third-order valence-corrected chi connectivity index (χ3v) is 9.68. The van der Waals surface area contributed by atoms with Gasteiger partial charge in [0.05, 0.1) is 5.56 Å². The second-order valence-electron chi connectivity index (χ2n) is 12.7. The molecule has 1 aliphatic carbocycles. The molecule has 0 bridgehead atoms. The van der Waals surface area contributed by atoms with Crippen LogP contribution in [0.25, 0.3) is 28.0 Å². The van der Waals surface area contributed by atoms with Gasteiger partial charge in [0.1, 0.15) is 5.75 Å². The molecule has 1 heterocycles. The van der Waals surface area contributed by atoms with E-state index in [-0.39, 0.29) is 5.78 Å². The predicted molar refractivity (Wildman–Crippen MR) is 180 cm³/mol. The third-order valence-electron chi connectivity index (χ3n) is 9.68. The van der Waals surface area contributed by atoms with Crippen molar-refractivity contribution in [1.82, 2.24) is 0 Å². The molecule has 6 aromatic carbocycles. The van der Waals surface area contributed by atoms with Gasteiger partial charge in [0.15, 0.2) is 11.4 Å². The van der Waals surface area contributed by atoms with Crippen LogP contribution in [0, 0.1) is 0 Å². The van der Waals surface area contributed by atoms with Crippen LogP contribution in [0.1, 0.15) is 63.1 Å². The molecule has 8 rings (SSSR count). The molecule has 0 N–H and O–H groups in total. The number of fused-ring (bicyclic) bond motifs is 8. The number of hydrogen-bond acceptors (Lipinski definition) is 2. The number of carbonyl (C=O) groups is 1. The van der Waals surface area contributed by atoms with Gasteiger partial charge < -0.3 is 4.74 Å². The van der Waals surface area contributed by atoms with E-state index in [4.69, 9.17) is 4.74 Å². The fourth-order valence-electron chi connectivity index (χ4n) is 7.40. The van der Waals surface area contributed by atoms with Crippen molar-refractivity contribution < 1.29 is 22.7 Å². The maximum absolute atomic E-state index is 13.9. The van der Waals surface area contributed by atoms with Crippen LogP contribution in [0.2, 0.25) is 0 Å². The topological polar surface area (TPSA) is 26.3 Å². The minimum atomic E-state index is -4.44. The van der Waals surface area contributed by atoms with Crippen molar-refractivity contribution >= 4 is 22.6 Å². The van der Waals surface area contributed by atoms with Crippen molar-refractivity contribution in [2.45, 2.75) is 31.0 Å². The molecule has 230 valence electrons. The summed E-state index contributed by atoms with van der Waals surface area (Å²) in [6.45, 7) is 3.98. The first-order chi connectivity index (χ1) is 22.6. The van der Waals surface area contributed by atoms with E-state index in [1.54, 1.807) is 18.2 Å². The van der Waals surface area contributed by atoms with Crippen molar-refractivity contribution in [3.05, 3.63) is 178 Å². The van der Waals surface area contributed by atoms with E-state index in [0.717, 1.165) is 44.2 Å². The van der Waals surface area contributed by atoms with E-state index < -0.39 is 22.8 Å². The highest BCUT2D eigenvalue weighted by atomic mass is 19.4. The number of halogens is 3. The molecule has 1 aliphatic heterocycles. The molecule has 6 aromatic rings. The van der Waals surface area contributed by atoms with Crippen LogP contribution in [-0.4, -0.2) is 5.78 Å². The molecule has 0 fully saturated rings. The summed E-state index contributed by atoms with van der Waals surface area (Å²) in [6.07, 6.45) is -0.340. The Bertz CT molecular complexity index is 2230. The first-order valence-electron chi connectivity index (χ1n) is 15.5. The molecular weight excluding hydrogens is 593 g/mol. The van der Waals surface area contributed by atoms with E-state index in [1.807, 2.05) is 117 Å². The number of ketones is 1. The summed E-state index contributed by atoms with van der Waals surface area (Å²) in [7, 11) is 0. The smallest absolute Gasteiger partial charge is 0.416 e. The van der Waals surface area contributed by atoms with Gasteiger partial charge in [0.2, 0.25) is 0 Å². The zero-order valence-electron chi connectivity index (χ0n) is 25.7. The Morgan fingerprint density at radius 3 is 1.96 bits per heavy atom. The van der Waals surface area contributed by atoms with Gasteiger partial charge in [-0.05, 0) is 45.8 Å². The Morgan fingerprint density at radius 1 is 0.681 bits per heavy atom. The van der Waals surface area contributed by atoms with Crippen molar-refractivity contribution in [2.24, 2.45) is 0 Å². The number of ether oxygens (including phenoxy) is 1. The first kappa shape index (κ1) is 29.0. The van der Waals surface area contributed by atoms with Gasteiger partial charge in [-0.15, -0.1) is 0 Å². The van der Waals surface area contributed by atoms with Gasteiger partial charge in [-0.25, -0.2) is 0 Å². The molecule has 47 heavy (non-hydrogen) atoms. The molecule has 2 aliphatic rings. The van der Waals surface area contributed by atoms with E-state index >= 15 is 0 Å². The van der Waals surface area contributed by atoms with Gasteiger partial charge in [-0.1, -0.05) is 135 Å². The molecule has 0 amide bonds. The zero-order chi connectivity index (χ0) is 32.6. The summed E-state index contributed by atoms with van der Waals surface area (Å²) >= 11 is 0. The molecule has 0 saturated heterocycles. The van der Waals surface area contributed by atoms with Gasteiger partial charge in [0.25, 0.3) is 0 Å². The summed E-state index contributed by atoms with van der Waals surface area (Å²) in [4.78, 5) is 13.2. The number of benzene rings is 6. The normalized spacial score (nSPS) is 17.5. The quantitative estimate of drug-likeness (QED) is 0.183. The van der Waals surface area contributed by atoms with Crippen molar-refractivity contribution in [2.75, 3.05) is 0 Å². The standard InChI is InChI=1S/C42H29F3O2/c1-40(2)35-25-30(42(43,44)45)21-22-33(35)36-31-15-9-10-16-32(31)39-34(37(36)40)23-24-41(47-39,28-13-7-4-8-14-28)29-19-17-27(18-20-29)38(46)26-11-5-3-6-12-26/h3-25H,1-2H3. The summed E-state index contributed by atoms with van der Waals surface area (Å²) < 4.78 is 48.9. The predicted octanol–water partition coefficient (Wildman–Crippen LogP) is 10.7. The number of rotatable bonds is 4. The molecular formula is C42H29F3O2. The molecule has 0 spiro atoms. The largest absolute Gasteiger partial charge is 0.472 e. The maximum atomic E-state index is 13.9. The fourth-order valence-corrected chi connectivity index (χ4v) is 7.40. The lowest BCUT2D eigenvalue weighted by atomic mass is 9.76. The fraction of sp³-hybridized carbons (Fsp3) is 0.119. The Balaban J connectivity index is 1.33. The van der Waals surface area contributed by atoms with E-state index in [0.29, 0.717) is 22.4 Å². The summed E-state index contributed by atoms with van der Waals surface area (Å²) in [6, 6.07) is 38.7. The molecule has 1 unspecified atom stereocenters. The highest BCUT2D eigenvalue weighted by Crippen LogP contribution is 2.58. The lowest BCUT2D eigenvalue weighted by Crippen LogP contribution is -2.35. The monoisotopic (exact) mass is 622 g/mol. The van der Waals surface area contributed by atoms with Crippen LogP contribution in [0.5, 0.6) is 5.75 Å². The Morgan fingerprint density at radius 2 is 1.28 bits per heavy atom. The molecule has 2 nitrogen and oxygen atoms in total. The Labute approximate surface area is 270 Å². The van der Waals surface area contributed by atoms with Crippen LogP contribution in [0.4, 0.5) is 13.2 Å². The third kappa shape index (κ3) is 4.37. The lowest BCUT2D eigenvalue weighted by molar-refractivity contribution is -0.137. The van der Waals surface area contributed by atoms with Crippen LogP contribution in [0.3, 0.4) is 0 Å². The van der Waals surface area contributed by atoms with Gasteiger partial charge in [-0.2, -0.15) is 13.2 Å². The minimum Gasteiger partial charge on any atom is -0.472 e. The van der Waals surface area contributed by atoms with E-state index in [2.05, 4.69) is 6.08 Å². The number of carbonyl (C=O) groups excluding carboxylic acids is 1. The van der Waals surface area contributed by atoms with Crippen LogP contribution >= 0.6 is 0 Å². The first-order valence-corrected chi connectivity index (χ1v) is 15.5. The number of alkyl halides is 3. The summed E-state index contributed by atoms with van der Waals surface area (Å²) in [5, 5.41) is 1.80. The summed E-state index contributed by atoms with van der Waals surface area (Å²) in [5.41, 5.74) is 4.74. The van der Waals surface area contributed by atoms with Crippen LogP contribution in [0.15, 0.2) is 133 Å². The minimum absolute atomic E-state index is 0.0617. The summed E-state index contributed by atoms with van der Waals surface area (Å²) in [5.74, 6) is 0.612. The molecule has 5 heteroatoms. The lowest BCUT2D eigenvalue weighted by Gasteiger charge is -2.38. The average molecular weight is 623 g/mol. The van der Waals surface area contributed by atoms with Gasteiger partial charge in [-0.3, -0.25) is 4.79 Å².